The molecule has 0 saturated heterocycles. The maximum Gasteiger partial charge on any atom is 0.309 e. The highest BCUT2D eigenvalue weighted by molar-refractivity contribution is 5.98. The van der Waals surface area contributed by atoms with Crippen LogP contribution in [0.3, 0.4) is 0 Å². The van der Waals surface area contributed by atoms with Crippen LogP contribution in [0.25, 0.3) is 21.5 Å². The zero-order valence-corrected chi connectivity index (χ0v) is 19.6. The minimum Gasteiger partial charge on any atom is -0.462 e. The van der Waals surface area contributed by atoms with Crippen molar-refractivity contribution in [1.29, 1.82) is 0 Å². The van der Waals surface area contributed by atoms with E-state index >= 15 is 0 Å². The lowest BCUT2D eigenvalue weighted by atomic mass is 9.87. The molecule has 5 rings (SSSR count). The predicted octanol–water partition coefficient (Wildman–Crippen LogP) is 6.60. The molecule has 0 aromatic heterocycles. The molecule has 3 aromatic carbocycles. The average molecular weight is 445 g/mol. The Morgan fingerprint density at radius 2 is 1.58 bits per heavy atom. The van der Waals surface area contributed by atoms with Crippen LogP contribution < -0.4 is 0 Å². The van der Waals surface area contributed by atoms with Crippen LogP contribution in [0.15, 0.2) is 54.6 Å². The number of esters is 2. The third-order valence-electron chi connectivity index (χ3n) is 7.87. The van der Waals surface area contributed by atoms with Gasteiger partial charge in [0.2, 0.25) is 0 Å². The Hall–Kier alpha value is -2.88. The molecule has 0 aliphatic heterocycles. The van der Waals surface area contributed by atoms with E-state index in [-0.39, 0.29) is 47.8 Å². The second kappa shape index (κ2) is 8.81. The Labute approximate surface area is 195 Å². The summed E-state index contributed by atoms with van der Waals surface area (Å²) in [6.45, 7) is 5.86. The SMILES string of the molecule is CCC(C)C(=O)OC1CC2CC1CC2C(=O)OC(C)c1ccc2cc3ccccc3cc2c1. The van der Waals surface area contributed by atoms with Crippen molar-refractivity contribution in [2.45, 2.75) is 58.7 Å². The molecule has 33 heavy (non-hydrogen) atoms. The fourth-order valence-electron chi connectivity index (χ4n) is 5.63. The number of benzene rings is 3. The fourth-order valence-corrected chi connectivity index (χ4v) is 5.63. The first-order chi connectivity index (χ1) is 15.9. The van der Waals surface area contributed by atoms with Gasteiger partial charge in [-0.15, -0.1) is 0 Å². The molecule has 2 bridgehead atoms. The molecule has 2 aliphatic carbocycles. The summed E-state index contributed by atoms with van der Waals surface area (Å²) in [6, 6.07) is 19.0. The Bertz CT molecular complexity index is 1200. The van der Waals surface area contributed by atoms with E-state index in [4.69, 9.17) is 9.47 Å². The molecule has 2 aliphatic rings. The van der Waals surface area contributed by atoms with Crippen LogP contribution in [0.2, 0.25) is 0 Å². The Kier molecular flexibility index (Phi) is 5.86. The third-order valence-corrected chi connectivity index (χ3v) is 7.87. The fraction of sp³-hybridized carbons (Fsp3) is 0.448. The third kappa shape index (κ3) is 4.23. The van der Waals surface area contributed by atoms with Crippen molar-refractivity contribution < 1.29 is 19.1 Å². The summed E-state index contributed by atoms with van der Waals surface area (Å²) in [7, 11) is 0. The molecule has 0 spiro atoms. The predicted molar refractivity (Wildman–Crippen MR) is 130 cm³/mol. The molecule has 3 aromatic rings. The number of rotatable bonds is 6. The van der Waals surface area contributed by atoms with Gasteiger partial charge in [-0.2, -0.15) is 0 Å². The molecule has 0 radical (unpaired) electrons. The number of hydrogen-bond acceptors (Lipinski definition) is 4. The van der Waals surface area contributed by atoms with Crippen molar-refractivity contribution in [2.24, 2.45) is 23.7 Å². The van der Waals surface area contributed by atoms with Gasteiger partial charge < -0.3 is 9.47 Å². The second-order valence-electron chi connectivity index (χ2n) is 10.0. The van der Waals surface area contributed by atoms with Crippen LogP contribution in [0.4, 0.5) is 0 Å². The van der Waals surface area contributed by atoms with Crippen LogP contribution in [0, 0.1) is 23.7 Å². The molecule has 6 atom stereocenters. The van der Waals surface area contributed by atoms with Gasteiger partial charge in [-0.3, -0.25) is 9.59 Å². The van der Waals surface area contributed by atoms with Gasteiger partial charge in [0.25, 0.3) is 0 Å². The van der Waals surface area contributed by atoms with Crippen LogP contribution in [0.1, 0.15) is 58.1 Å². The van der Waals surface area contributed by atoms with Gasteiger partial charge in [0.1, 0.15) is 12.2 Å². The minimum atomic E-state index is -0.300. The lowest BCUT2D eigenvalue weighted by molar-refractivity contribution is -0.160. The van der Waals surface area contributed by atoms with E-state index in [1.165, 1.54) is 16.2 Å². The molecule has 4 heteroatoms. The molecule has 0 amide bonds. The maximum atomic E-state index is 13.0. The molecule has 4 nitrogen and oxygen atoms in total. The normalized spacial score (nSPS) is 25.8. The molecule has 172 valence electrons. The van der Waals surface area contributed by atoms with Crippen molar-refractivity contribution in [2.75, 3.05) is 0 Å². The van der Waals surface area contributed by atoms with Crippen molar-refractivity contribution in [3.05, 3.63) is 60.2 Å². The number of fused-ring (bicyclic) bond motifs is 4. The summed E-state index contributed by atoms with van der Waals surface area (Å²) in [4.78, 5) is 25.2. The first kappa shape index (κ1) is 21.9. The van der Waals surface area contributed by atoms with E-state index in [2.05, 4.69) is 48.5 Å². The summed E-state index contributed by atoms with van der Waals surface area (Å²) >= 11 is 0. The zero-order chi connectivity index (χ0) is 23.1. The summed E-state index contributed by atoms with van der Waals surface area (Å²) in [5, 5.41) is 4.76. The highest BCUT2D eigenvalue weighted by Crippen LogP contribution is 2.50. The largest absolute Gasteiger partial charge is 0.462 e. The second-order valence-corrected chi connectivity index (χ2v) is 10.0. The van der Waals surface area contributed by atoms with Crippen molar-refractivity contribution in [1.82, 2.24) is 0 Å². The van der Waals surface area contributed by atoms with E-state index in [1.807, 2.05) is 26.8 Å². The van der Waals surface area contributed by atoms with Gasteiger partial charge in [0.15, 0.2) is 0 Å². The van der Waals surface area contributed by atoms with E-state index in [9.17, 15) is 9.59 Å². The average Bonchev–Trinajstić information content (AvgIpc) is 3.42. The van der Waals surface area contributed by atoms with Gasteiger partial charge in [0, 0.05) is 0 Å². The summed E-state index contributed by atoms with van der Waals surface area (Å²) in [5.41, 5.74) is 1.01. The zero-order valence-electron chi connectivity index (χ0n) is 19.6. The lowest BCUT2D eigenvalue weighted by Crippen LogP contribution is -2.32. The van der Waals surface area contributed by atoms with E-state index in [1.54, 1.807) is 0 Å². The van der Waals surface area contributed by atoms with E-state index < -0.39 is 0 Å². The van der Waals surface area contributed by atoms with Gasteiger partial charge in [-0.25, -0.2) is 0 Å². The standard InChI is InChI=1S/C29H32O4/c1-4-17(2)28(30)33-27-16-24-14-25(27)15-26(24)29(31)32-18(3)19-9-10-22-12-20-7-5-6-8-21(20)13-23(22)11-19/h5-13,17-18,24-27H,4,14-16H2,1-3H3. The molecular weight excluding hydrogens is 412 g/mol. The van der Waals surface area contributed by atoms with Crippen LogP contribution >= 0.6 is 0 Å². The number of ether oxygens (including phenoxy) is 2. The van der Waals surface area contributed by atoms with Crippen molar-refractivity contribution >= 4 is 33.5 Å². The van der Waals surface area contributed by atoms with Crippen LogP contribution in [-0.4, -0.2) is 18.0 Å². The molecule has 0 N–H and O–H groups in total. The van der Waals surface area contributed by atoms with Gasteiger partial charge >= 0.3 is 11.9 Å². The minimum absolute atomic E-state index is 0.0340. The summed E-state index contributed by atoms with van der Waals surface area (Å²) in [5.74, 6) is 0.176. The molecule has 2 fully saturated rings. The number of carbonyl (C=O) groups is 2. The van der Waals surface area contributed by atoms with Gasteiger partial charge in [-0.1, -0.05) is 50.2 Å². The highest BCUT2D eigenvalue weighted by atomic mass is 16.5. The van der Waals surface area contributed by atoms with Gasteiger partial charge in [0.05, 0.1) is 11.8 Å². The first-order valence-electron chi connectivity index (χ1n) is 12.3. The summed E-state index contributed by atoms with van der Waals surface area (Å²) in [6.07, 6.45) is 2.95. The Morgan fingerprint density at radius 3 is 2.24 bits per heavy atom. The molecule has 6 unspecified atom stereocenters. The van der Waals surface area contributed by atoms with E-state index in [0.29, 0.717) is 0 Å². The number of carbonyl (C=O) groups excluding carboxylic acids is 2. The van der Waals surface area contributed by atoms with Crippen molar-refractivity contribution in [3.8, 4) is 0 Å². The van der Waals surface area contributed by atoms with E-state index in [0.717, 1.165) is 36.6 Å². The van der Waals surface area contributed by atoms with Crippen LogP contribution in [0.5, 0.6) is 0 Å². The molecule has 2 saturated carbocycles. The number of hydrogen-bond donors (Lipinski definition) is 0. The topological polar surface area (TPSA) is 52.6 Å². The summed E-state index contributed by atoms with van der Waals surface area (Å²) < 4.78 is 11.7. The van der Waals surface area contributed by atoms with Gasteiger partial charge in [-0.05, 0) is 89.8 Å². The molecule has 0 heterocycles. The van der Waals surface area contributed by atoms with Crippen LogP contribution in [-0.2, 0) is 19.1 Å². The monoisotopic (exact) mass is 444 g/mol. The Morgan fingerprint density at radius 1 is 0.879 bits per heavy atom. The smallest absolute Gasteiger partial charge is 0.309 e. The Balaban J connectivity index is 1.23. The first-order valence-corrected chi connectivity index (χ1v) is 12.3. The quantitative estimate of drug-likeness (QED) is 0.317. The highest BCUT2D eigenvalue weighted by Gasteiger charge is 2.51. The maximum absolute atomic E-state index is 13.0. The lowest BCUT2D eigenvalue weighted by Gasteiger charge is -2.28. The molecular formula is C29H32O4. The van der Waals surface area contributed by atoms with Crippen molar-refractivity contribution in [3.63, 3.8) is 0 Å².